The summed E-state index contributed by atoms with van der Waals surface area (Å²) in [6.07, 6.45) is 5.45. The smallest absolute Gasteiger partial charge is 0.237 e. The van der Waals surface area contributed by atoms with Gasteiger partial charge in [-0.25, -0.2) is 0 Å². The Hall–Kier alpha value is -0.650. The van der Waals surface area contributed by atoms with Crippen LogP contribution in [0.2, 0.25) is 0 Å². The van der Waals surface area contributed by atoms with E-state index in [1.54, 1.807) is 0 Å². The summed E-state index contributed by atoms with van der Waals surface area (Å²) in [6, 6.07) is 0. The molecule has 1 amide bonds. The van der Waals surface area contributed by atoms with E-state index in [0.29, 0.717) is 6.10 Å². The molecule has 5 heteroatoms. The van der Waals surface area contributed by atoms with E-state index in [0.717, 1.165) is 45.3 Å². The molecule has 5 nitrogen and oxygen atoms in total. The van der Waals surface area contributed by atoms with Gasteiger partial charge in [-0.1, -0.05) is 6.92 Å². The molecular weight excluding hydrogens is 268 g/mol. The van der Waals surface area contributed by atoms with Gasteiger partial charge in [0.25, 0.3) is 0 Å². The van der Waals surface area contributed by atoms with Crippen LogP contribution in [0, 0.1) is 0 Å². The number of nitrogens with one attached hydrogen (secondary N) is 1. The van der Waals surface area contributed by atoms with Crippen molar-refractivity contribution in [1.29, 1.82) is 0 Å². The molecule has 1 rings (SSSR count). The summed E-state index contributed by atoms with van der Waals surface area (Å²) in [7, 11) is 0. The number of hydrogen-bond donors (Lipinski definition) is 2. The van der Waals surface area contributed by atoms with E-state index in [1.807, 2.05) is 13.8 Å². The second-order valence-electron chi connectivity index (χ2n) is 6.41. The van der Waals surface area contributed by atoms with E-state index in [4.69, 9.17) is 15.2 Å². The van der Waals surface area contributed by atoms with Crippen LogP contribution in [0.3, 0.4) is 0 Å². The van der Waals surface area contributed by atoms with E-state index in [9.17, 15) is 4.79 Å². The molecule has 0 bridgehead atoms. The second-order valence-corrected chi connectivity index (χ2v) is 6.41. The number of ether oxygens (including phenoxy) is 2. The molecule has 1 aliphatic rings. The van der Waals surface area contributed by atoms with Crippen LogP contribution in [0.1, 0.15) is 59.8 Å². The zero-order valence-electron chi connectivity index (χ0n) is 14.0. The minimum atomic E-state index is -0.601. The van der Waals surface area contributed by atoms with Gasteiger partial charge >= 0.3 is 0 Å². The maximum Gasteiger partial charge on any atom is 0.237 e. The van der Waals surface area contributed by atoms with Crippen molar-refractivity contribution in [2.45, 2.75) is 83.6 Å². The summed E-state index contributed by atoms with van der Waals surface area (Å²) < 4.78 is 11.6. The highest BCUT2D eigenvalue weighted by molar-refractivity contribution is 5.84. The molecule has 1 saturated heterocycles. The van der Waals surface area contributed by atoms with Crippen LogP contribution in [0.4, 0.5) is 0 Å². The summed E-state index contributed by atoms with van der Waals surface area (Å²) in [5, 5.41) is 3.18. The lowest BCUT2D eigenvalue weighted by molar-refractivity contribution is -0.124. The topological polar surface area (TPSA) is 73.6 Å². The fourth-order valence-electron chi connectivity index (χ4n) is 3.00. The minimum absolute atomic E-state index is 0.280. The van der Waals surface area contributed by atoms with Gasteiger partial charge in [-0.2, -0.15) is 0 Å². The highest BCUT2D eigenvalue weighted by atomic mass is 16.5. The Balaban J connectivity index is 2.20. The van der Waals surface area contributed by atoms with Crippen molar-refractivity contribution in [1.82, 2.24) is 5.32 Å². The van der Waals surface area contributed by atoms with Crippen LogP contribution >= 0.6 is 0 Å². The molecule has 0 radical (unpaired) electrons. The highest BCUT2D eigenvalue weighted by Crippen LogP contribution is 2.22. The van der Waals surface area contributed by atoms with E-state index >= 15 is 0 Å². The first-order valence-corrected chi connectivity index (χ1v) is 8.19. The number of carbonyl (C=O) groups is 1. The molecule has 3 N–H and O–H groups in total. The quantitative estimate of drug-likeness (QED) is 0.639. The normalized spacial score (nSPS) is 29.0. The molecule has 0 spiro atoms. The number of nitrogens with two attached hydrogens (primary N) is 1. The molecule has 1 aliphatic heterocycles. The Bertz CT molecular complexity index is 315. The van der Waals surface area contributed by atoms with Crippen molar-refractivity contribution in [3.05, 3.63) is 0 Å². The van der Waals surface area contributed by atoms with E-state index in [-0.39, 0.29) is 18.1 Å². The highest BCUT2D eigenvalue weighted by Gasteiger charge is 2.29. The Morgan fingerprint density at radius 2 is 1.95 bits per heavy atom. The number of carbonyl (C=O) groups excluding carboxylic acids is 1. The van der Waals surface area contributed by atoms with Crippen LogP contribution in [0.25, 0.3) is 0 Å². The average Bonchev–Trinajstić information content (AvgIpc) is 2.37. The molecule has 1 heterocycles. The van der Waals surface area contributed by atoms with Gasteiger partial charge in [0.15, 0.2) is 0 Å². The van der Waals surface area contributed by atoms with Gasteiger partial charge in [-0.15, -0.1) is 0 Å². The lowest BCUT2D eigenvalue weighted by Gasteiger charge is -2.32. The number of unbranched alkanes of at least 4 members (excludes halogenated alkanes) is 1. The number of hydrogen-bond acceptors (Lipinski definition) is 4. The molecule has 0 aromatic heterocycles. The zero-order valence-corrected chi connectivity index (χ0v) is 14.0. The maximum absolute atomic E-state index is 11.5. The fourth-order valence-corrected chi connectivity index (χ4v) is 3.00. The minimum Gasteiger partial charge on any atom is -0.378 e. The van der Waals surface area contributed by atoms with Gasteiger partial charge in [0.1, 0.15) is 0 Å². The molecule has 0 aromatic carbocycles. The van der Waals surface area contributed by atoms with E-state index < -0.39 is 5.54 Å². The predicted octanol–water partition coefficient (Wildman–Crippen LogP) is 1.98. The molecule has 3 atom stereocenters. The zero-order chi connectivity index (χ0) is 15.9. The first kappa shape index (κ1) is 18.4. The third-order valence-corrected chi connectivity index (χ3v) is 4.19. The van der Waals surface area contributed by atoms with Crippen LogP contribution in [0.5, 0.6) is 0 Å². The summed E-state index contributed by atoms with van der Waals surface area (Å²) in [5.74, 6) is -0.280. The first-order valence-electron chi connectivity index (χ1n) is 8.19. The largest absolute Gasteiger partial charge is 0.378 e. The Morgan fingerprint density at radius 1 is 1.33 bits per heavy atom. The Kier molecular flexibility index (Phi) is 7.63. The molecule has 0 saturated carbocycles. The summed E-state index contributed by atoms with van der Waals surface area (Å²) in [4.78, 5) is 11.5. The Labute approximate surface area is 128 Å². The van der Waals surface area contributed by atoms with E-state index in [2.05, 4.69) is 19.2 Å². The van der Waals surface area contributed by atoms with Crippen molar-refractivity contribution < 1.29 is 14.3 Å². The van der Waals surface area contributed by atoms with Gasteiger partial charge in [-0.3, -0.25) is 4.79 Å². The summed E-state index contributed by atoms with van der Waals surface area (Å²) >= 11 is 0. The second kappa shape index (κ2) is 8.71. The third kappa shape index (κ3) is 6.32. The Morgan fingerprint density at radius 3 is 2.48 bits per heavy atom. The molecule has 124 valence electrons. The van der Waals surface area contributed by atoms with Crippen LogP contribution < -0.4 is 11.1 Å². The first-order chi connectivity index (χ1) is 9.87. The fraction of sp³-hybridized carbons (Fsp3) is 0.938. The van der Waals surface area contributed by atoms with Crippen molar-refractivity contribution >= 4 is 5.91 Å². The lowest BCUT2D eigenvalue weighted by Crippen LogP contribution is -2.53. The van der Waals surface area contributed by atoms with Crippen molar-refractivity contribution in [3.8, 4) is 0 Å². The standard InChI is InChI=1S/C16H32N2O3/c1-5-18-16(4,15(17)19)8-6-7-9-20-14-10-12(2)21-13(3)11-14/h12-14,18H,5-11H2,1-4H3,(H2,17,19). The molecular formula is C16H32N2O3. The molecule has 3 unspecified atom stereocenters. The number of likely N-dealkylation sites (N-methyl/N-ethyl adjacent to an activating group) is 1. The third-order valence-electron chi connectivity index (χ3n) is 4.19. The van der Waals surface area contributed by atoms with Crippen LogP contribution in [-0.4, -0.2) is 42.9 Å². The van der Waals surface area contributed by atoms with E-state index in [1.165, 1.54) is 0 Å². The number of rotatable bonds is 9. The SMILES string of the molecule is CCNC(C)(CCCCOC1CC(C)OC(C)C1)C(N)=O. The number of amides is 1. The van der Waals surface area contributed by atoms with Gasteiger partial charge in [0, 0.05) is 6.61 Å². The molecule has 1 fully saturated rings. The molecule has 0 aliphatic carbocycles. The lowest BCUT2D eigenvalue weighted by atomic mass is 9.94. The van der Waals surface area contributed by atoms with Crippen molar-refractivity contribution in [3.63, 3.8) is 0 Å². The monoisotopic (exact) mass is 300 g/mol. The van der Waals surface area contributed by atoms with Gasteiger partial charge in [0.05, 0.1) is 23.9 Å². The van der Waals surface area contributed by atoms with Crippen molar-refractivity contribution in [2.24, 2.45) is 5.73 Å². The number of primary amides is 1. The maximum atomic E-state index is 11.5. The summed E-state index contributed by atoms with van der Waals surface area (Å²) in [5.41, 5.74) is 4.87. The summed E-state index contributed by atoms with van der Waals surface area (Å²) in [6.45, 7) is 9.54. The predicted molar refractivity (Wildman–Crippen MR) is 84.1 cm³/mol. The van der Waals surface area contributed by atoms with Crippen molar-refractivity contribution in [2.75, 3.05) is 13.2 Å². The van der Waals surface area contributed by atoms with Gasteiger partial charge in [-0.05, 0) is 59.4 Å². The molecule has 0 aromatic rings. The van der Waals surface area contributed by atoms with Crippen LogP contribution in [0.15, 0.2) is 0 Å². The van der Waals surface area contributed by atoms with Gasteiger partial charge < -0.3 is 20.5 Å². The van der Waals surface area contributed by atoms with Crippen LogP contribution in [-0.2, 0) is 14.3 Å². The average molecular weight is 300 g/mol. The van der Waals surface area contributed by atoms with Gasteiger partial charge in [0.2, 0.25) is 5.91 Å². The molecule has 21 heavy (non-hydrogen) atoms.